The van der Waals surface area contributed by atoms with Crippen LogP contribution in [0.1, 0.15) is 73.5 Å². The van der Waals surface area contributed by atoms with Gasteiger partial charge in [-0.25, -0.2) is 9.36 Å². The number of nitrogens with zero attached hydrogens (tertiary/aromatic N) is 7. The lowest BCUT2D eigenvalue weighted by molar-refractivity contribution is -0.126. The van der Waals surface area contributed by atoms with Gasteiger partial charge in [0.2, 0.25) is 5.91 Å². The summed E-state index contributed by atoms with van der Waals surface area (Å²) in [7, 11) is -4.88. The Bertz CT molecular complexity index is 2220. The Hall–Kier alpha value is -5.82. The molecule has 25 heteroatoms. The molecule has 1 aromatic heterocycles. The highest BCUT2D eigenvalue weighted by atomic mass is 31.2. The summed E-state index contributed by atoms with van der Waals surface area (Å²) in [5.41, 5.74) is 16.0. The average Bonchev–Trinajstić information content (AvgIpc) is 3.64. The maximum atomic E-state index is 12.8. The van der Waals surface area contributed by atoms with Crippen LogP contribution in [0.25, 0.3) is 20.9 Å². The van der Waals surface area contributed by atoms with Crippen LogP contribution >= 0.6 is 7.82 Å². The van der Waals surface area contributed by atoms with Gasteiger partial charge in [-0.3, -0.25) is 33.3 Å². The fourth-order valence-electron chi connectivity index (χ4n) is 6.37. The number of amides is 2. The predicted octanol–water partition coefficient (Wildman–Crippen LogP) is 3.02. The predicted molar refractivity (Wildman–Crippen MR) is 221 cm³/mol. The third kappa shape index (κ3) is 18.2. The van der Waals surface area contributed by atoms with Crippen LogP contribution in [0.15, 0.2) is 62.4 Å². The van der Waals surface area contributed by atoms with E-state index < -0.39 is 69.6 Å². The molecule has 24 nitrogen and oxygen atoms in total. The number of aromatic nitrogens is 2. The van der Waals surface area contributed by atoms with Gasteiger partial charge in [0.15, 0.2) is 6.23 Å². The van der Waals surface area contributed by atoms with Crippen LogP contribution in [0.4, 0.5) is 0 Å². The molecular weight excluding hydrogens is 851 g/mol. The number of aromatic amines is 1. The van der Waals surface area contributed by atoms with Gasteiger partial charge in [0.25, 0.3) is 11.5 Å². The fourth-order valence-corrected chi connectivity index (χ4v) is 6.71. The van der Waals surface area contributed by atoms with E-state index in [0.717, 1.165) is 42.9 Å². The number of phosphoric ester groups is 1. The number of carbonyl (C=O) groups excluding carboxylic acids is 3. The van der Waals surface area contributed by atoms with Gasteiger partial charge in [-0.15, -0.1) is 0 Å². The van der Waals surface area contributed by atoms with Crippen molar-refractivity contribution in [1.29, 1.82) is 0 Å². The van der Waals surface area contributed by atoms with Gasteiger partial charge >= 0.3 is 13.5 Å². The van der Waals surface area contributed by atoms with Gasteiger partial charge in [-0.1, -0.05) is 40.3 Å². The summed E-state index contributed by atoms with van der Waals surface area (Å²) < 4.78 is 44.3. The number of ether oxygens (including phenoxy) is 5. The molecule has 4 rings (SSSR count). The number of carbonyl (C=O) groups is 3. The molecule has 2 unspecified atom stereocenters. The number of hydrogen-bond acceptors (Lipinski definition) is 14. The number of Topliss-reactive ketones (excluding diaryl/α,β-unsaturated/α-hetero) is 1. The first-order valence-corrected chi connectivity index (χ1v) is 21.4. The van der Waals surface area contributed by atoms with Gasteiger partial charge < -0.3 is 44.1 Å². The SMILES string of the molecule is [N-]=[N+]=NCO[C@@H]1C[C@H](n2cc(C#CCNC(=O)COCCOC(COc3cccc(C(=O)NCCCC(=O)C4CC/C=C/CCC4)c3)N=[N+]=[N-])c(=O)[nH]c2=O)O[C@@H]1COP(=O)(O)O. The summed E-state index contributed by atoms with van der Waals surface area (Å²) in [6.45, 7) is -1.66. The maximum absolute atomic E-state index is 12.8. The van der Waals surface area contributed by atoms with E-state index in [2.05, 4.69) is 64.2 Å². The van der Waals surface area contributed by atoms with E-state index in [9.17, 15) is 28.5 Å². The number of hydrogen-bond donors (Lipinski definition) is 5. The largest absolute Gasteiger partial charge is 0.491 e. The second kappa shape index (κ2) is 26.6. The van der Waals surface area contributed by atoms with Crippen molar-refractivity contribution in [3.05, 3.63) is 95.5 Å². The molecular formula is C38H49N10O14P. The topological polar surface area (TPSA) is 341 Å². The first kappa shape index (κ1) is 49.8. The van der Waals surface area contributed by atoms with Gasteiger partial charge in [-0.2, -0.15) is 0 Å². The van der Waals surface area contributed by atoms with Gasteiger partial charge in [0.05, 0.1) is 32.5 Å². The standard InChI is InChI=1S/C38H49N10O14P/c39-46-43-25-60-31-20-35(62-32(31)22-61-63(54,55)56)48-21-28(37(52)44-38(48)53)12-7-15-41-33(50)23-57-17-18-58-34(45-47-40)24-59-29-13-6-11-27(19-29)36(51)42-16-8-14-30(49)26-9-4-2-1-3-5-10-26/h1-2,6,11,13,19,21,26,31-32,34-35H,3-5,8-10,14-18,20,22-25H2,(H,41,50)(H,42,51)(H,44,52,53)(H2,54,55,56)/b2-1+/t26?,31-,32-,34?,35-/m1/s1. The number of phosphoric acid groups is 1. The lowest BCUT2D eigenvalue weighted by Gasteiger charge is -2.18. The van der Waals surface area contributed by atoms with Crippen molar-refractivity contribution in [1.82, 2.24) is 20.2 Å². The zero-order valence-corrected chi connectivity index (χ0v) is 35.0. The van der Waals surface area contributed by atoms with Crippen molar-refractivity contribution < 1.29 is 56.9 Å². The van der Waals surface area contributed by atoms with Crippen LogP contribution in [0.3, 0.4) is 0 Å². The molecule has 2 aliphatic rings. The van der Waals surface area contributed by atoms with Crippen LogP contribution in [0, 0.1) is 17.8 Å². The van der Waals surface area contributed by atoms with Crippen LogP contribution in [0.2, 0.25) is 0 Å². The summed E-state index contributed by atoms with van der Waals surface area (Å²) in [5.74, 6) is 4.89. The highest BCUT2D eigenvalue weighted by Gasteiger charge is 2.39. The zero-order chi connectivity index (χ0) is 45.5. The van der Waals surface area contributed by atoms with Gasteiger partial charge in [0.1, 0.15) is 49.4 Å². The molecule has 0 bridgehead atoms. The van der Waals surface area contributed by atoms with Crippen LogP contribution in [-0.4, -0.2) is 108 Å². The molecule has 0 spiro atoms. The Labute approximate surface area is 360 Å². The van der Waals surface area contributed by atoms with Crippen LogP contribution in [0.5, 0.6) is 5.75 Å². The minimum atomic E-state index is -4.88. The summed E-state index contributed by atoms with van der Waals surface area (Å²) in [4.78, 5) is 88.3. The number of benzene rings is 1. The summed E-state index contributed by atoms with van der Waals surface area (Å²) >= 11 is 0. The Morgan fingerprint density at radius 2 is 1.94 bits per heavy atom. The Morgan fingerprint density at radius 1 is 1.11 bits per heavy atom. The second-order valence-corrected chi connectivity index (χ2v) is 15.2. The minimum Gasteiger partial charge on any atom is -0.491 e. The van der Waals surface area contributed by atoms with Crippen molar-refractivity contribution in [2.24, 2.45) is 16.1 Å². The molecule has 63 heavy (non-hydrogen) atoms. The Kier molecular flexibility index (Phi) is 21.0. The van der Waals surface area contributed by atoms with E-state index in [-0.39, 0.29) is 56.0 Å². The summed E-state index contributed by atoms with van der Waals surface area (Å²) in [6.07, 6.45) is 6.83. The smallest absolute Gasteiger partial charge is 0.469 e. The van der Waals surface area contributed by atoms with Gasteiger partial charge in [0, 0.05) is 46.9 Å². The van der Waals surface area contributed by atoms with E-state index >= 15 is 0 Å². The van der Waals surface area contributed by atoms with Crippen LogP contribution in [-0.2, 0) is 37.6 Å². The van der Waals surface area contributed by atoms with Crippen molar-refractivity contribution in [3.63, 3.8) is 0 Å². The summed E-state index contributed by atoms with van der Waals surface area (Å²) in [5, 5.41) is 12.1. The molecule has 1 fully saturated rings. The Balaban J connectivity index is 1.15. The van der Waals surface area contributed by atoms with E-state index in [1.54, 1.807) is 18.2 Å². The van der Waals surface area contributed by atoms with E-state index in [1.165, 1.54) is 6.07 Å². The van der Waals surface area contributed by atoms with E-state index in [4.69, 9.17) is 44.5 Å². The first-order valence-electron chi connectivity index (χ1n) is 19.9. The van der Waals surface area contributed by atoms with E-state index in [1.807, 2.05) is 0 Å². The fraction of sp³-hybridized carbons (Fsp3) is 0.553. The average molecular weight is 901 g/mol. The van der Waals surface area contributed by atoms with Gasteiger partial charge in [-0.05, 0) is 67.8 Å². The molecule has 2 heterocycles. The lowest BCUT2D eigenvalue weighted by Crippen LogP contribution is -2.34. The molecule has 1 saturated heterocycles. The first-order chi connectivity index (χ1) is 30.4. The lowest BCUT2D eigenvalue weighted by atomic mass is 9.88. The number of nitrogens with one attached hydrogen (secondary N) is 3. The van der Waals surface area contributed by atoms with E-state index in [0.29, 0.717) is 30.7 Å². The van der Waals surface area contributed by atoms with Crippen molar-refractivity contribution in [2.75, 3.05) is 52.9 Å². The molecule has 5 atom stereocenters. The molecule has 1 aromatic carbocycles. The normalized spacial score (nSPS) is 19.4. The van der Waals surface area contributed by atoms with Crippen LogP contribution < -0.4 is 26.6 Å². The molecule has 2 amide bonds. The number of H-pyrrole nitrogens is 1. The Morgan fingerprint density at radius 3 is 2.73 bits per heavy atom. The number of ketones is 1. The van der Waals surface area contributed by atoms with Crippen molar-refractivity contribution >= 4 is 25.4 Å². The van der Waals surface area contributed by atoms with Crippen molar-refractivity contribution in [3.8, 4) is 17.6 Å². The number of azide groups is 2. The summed E-state index contributed by atoms with van der Waals surface area (Å²) in [6, 6.07) is 6.40. The monoisotopic (exact) mass is 900 g/mol. The second-order valence-electron chi connectivity index (χ2n) is 13.9. The van der Waals surface area contributed by atoms with Crippen molar-refractivity contribution in [2.45, 2.75) is 76.0 Å². The molecule has 5 N–H and O–H groups in total. The maximum Gasteiger partial charge on any atom is 0.469 e. The molecule has 0 saturated carbocycles. The highest BCUT2D eigenvalue weighted by Crippen LogP contribution is 2.38. The highest BCUT2D eigenvalue weighted by molar-refractivity contribution is 7.46. The molecule has 1 aliphatic carbocycles. The zero-order valence-electron chi connectivity index (χ0n) is 34.1. The molecule has 2 aromatic rings. The number of rotatable bonds is 24. The third-order valence-corrected chi connectivity index (χ3v) is 9.91. The molecule has 340 valence electrons. The quantitative estimate of drug-likeness (QED) is 0.0192. The third-order valence-electron chi connectivity index (χ3n) is 9.43. The molecule has 0 radical (unpaired) electrons. The number of allylic oxidation sites excluding steroid dienone is 2. The molecule has 1 aliphatic heterocycles. The minimum absolute atomic E-state index is 0.0579.